The van der Waals surface area contributed by atoms with Crippen LogP contribution in [0.5, 0.6) is 17.2 Å². The van der Waals surface area contributed by atoms with E-state index in [-0.39, 0.29) is 11.8 Å². The van der Waals surface area contributed by atoms with Gasteiger partial charge in [0.2, 0.25) is 5.78 Å². The fourth-order valence-corrected chi connectivity index (χ4v) is 4.27. The van der Waals surface area contributed by atoms with Crippen molar-refractivity contribution in [2.75, 3.05) is 14.2 Å². The van der Waals surface area contributed by atoms with Gasteiger partial charge in [0.05, 0.1) is 26.0 Å². The molecule has 2 aliphatic heterocycles. The summed E-state index contributed by atoms with van der Waals surface area (Å²) in [5.41, 5.74) is 3.30. The van der Waals surface area contributed by atoms with Gasteiger partial charge in [-0.1, -0.05) is 11.6 Å². The van der Waals surface area contributed by atoms with Gasteiger partial charge in [-0.15, -0.1) is 0 Å². The standard InChI is InChI=1S/C25H21ClN2O4/c1-30-18-8-3-15(4-9-18)21-14-22-20-13-17(26)7-12-23(20)32-25(28(22)27-21)24(29)16-5-10-19(31-2)11-6-16/h3-13,22,25H,14H2,1-2H3/t22-,25-/m1/s1. The van der Waals surface area contributed by atoms with E-state index in [1.165, 1.54) is 0 Å². The second-order valence-corrected chi connectivity index (χ2v) is 8.06. The van der Waals surface area contributed by atoms with E-state index in [4.69, 9.17) is 30.9 Å². The lowest BCUT2D eigenvalue weighted by Gasteiger charge is -2.37. The van der Waals surface area contributed by atoms with Gasteiger partial charge >= 0.3 is 0 Å². The van der Waals surface area contributed by atoms with E-state index in [0.717, 1.165) is 22.6 Å². The summed E-state index contributed by atoms with van der Waals surface area (Å²) >= 11 is 6.27. The van der Waals surface area contributed by atoms with Crippen molar-refractivity contribution in [1.82, 2.24) is 5.01 Å². The summed E-state index contributed by atoms with van der Waals surface area (Å²) in [4.78, 5) is 13.4. The minimum atomic E-state index is -0.877. The van der Waals surface area contributed by atoms with Crippen LogP contribution < -0.4 is 14.2 Å². The summed E-state index contributed by atoms with van der Waals surface area (Å²) < 4.78 is 16.6. The number of hydrazone groups is 1. The number of ketones is 1. The van der Waals surface area contributed by atoms with Gasteiger partial charge in [-0.05, 0) is 72.3 Å². The van der Waals surface area contributed by atoms with Crippen molar-refractivity contribution in [1.29, 1.82) is 0 Å². The van der Waals surface area contributed by atoms with Crippen LogP contribution in [0.1, 0.15) is 33.9 Å². The van der Waals surface area contributed by atoms with Crippen molar-refractivity contribution in [3.63, 3.8) is 0 Å². The number of benzene rings is 3. The normalized spacial score (nSPS) is 18.8. The molecule has 0 N–H and O–H groups in total. The second kappa shape index (κ2) is 8.20. The molecule has 162 valence electrons. The third kappa shape index (κ3) is 3.56. The van der Waals surface area contributed by atoms with Crippen molar-refractivity contribution < 1.29 is 19.0 Å². The highest BCUT2D eigenvalue weighted by Gasteiger charge is 2.43. The lowest BCUT2D eigenvalue weighted by Crippen LogP contribution is -2.45. The molecular weight excluding hydrogens is 428 g/mol. The van der Waals surface area contributed by atoms with Crippen LogP contribution in [0.4, 0.5) is 0 Å². The first-order valence-electron chi connectivity index (χ1n) is 10.2. The molecule has 0 bridgehead atoms. The number of methoxy groups -OCH3 is 2. The van der Waals surface area contributed by atoms with E-state index in [2.05, 4.69) is 0 Å². The number of nitrogens with zero attached hydrogens (tertiary/aromatic N) is 2. The van der Waals surface area contributed by atoms with Crippen molar-refractivity contribution in [3.8, 4) is 17.2 Å². The molecule has 6 nitrogen and oxygen atoms in total. The Morgan fingerprint density at radius 3 is 2.31 bits per heavy atom. The third-order valence-electron chi connectivity index (χ3n) is 5.77. The van der Waals surface area contributed by atoms with Gasteiger partial charge in [0.1, 0.15) is 17.2 Å². The third-order valence-corrected chi connectivity index (χ3v) is 6.01. The molecule has 0 spiro atoms. The Kier molecular flexibility index (Phi) is 5.23. The quantitative estimate of drug-likeness (QED) is 0.507. The van der Waals surface area contributed by atoms with Gasteiger partial charge in [-0.3, -0.25) is 4.79 Å². The Morgan fingerprint density at radius 2 is 1.66 bits per heavy atom. The molecule has 0 fully saturated rings. The molecule has 2 aliphatic rings. The first-order chi connectivity index (χ1) is 15.6. The number of hydrogen-bond acceptors (Lipinski definition) is 6. The number of carbonyl (C=O) groups is 1. The number of ether oxygens (including phenoxy) is 3. The molecule has 0 saturated carbocycles. The van der Waals surface area contributed by atoms with Gasteiger partial charge in [0.15, 0.2) is 0 Å². The SMILES string of the molecule is COc1ccc(C(=O)[C@H]2Oc3ccc(Cl)cc3[C@H]3CC(c4ccc(OC)cc4)=NN23)cc1. The van der Waals surface area contributed by atoms with Gasteiger partial charge in [0.25, 0.3) is 6.23 Å². The molecule has 0 unspecified atom stereocenters. The molecule has 32 heavy (non-hydrogen) atoms. The predicted octanol–water partition coefficient (Wildman–Crippen LogP) is 5.11. The van der Waals surface area contributed by atoms with E-state index in [0.29, 0.717) is 28.5 Å². The zero-order chi connectivity index (χ0) is 22.2. The molecular formula is C25H21ClN2O4. The van der Waals surface area contributed by atoms with Crippen molar-refractivity contribution in [2.24, 2.45) is 5.10 Å². The summed E-state index contributed by atoms with van der Waals surface area (Å²) in [5.74, 6) is 1.94. The predicted molar refractivity (Wildman–Crippen MR) is 122 cm³/mol. The van der Waals surface area contributed by atoms with Gasteiger partial charge in [-0.2, -0.15) is 5.10 Å². The Morgan fingerprint density at radius 1 is 1.00 bits per heavy atom. The number of carbonyl (C=O) groups excluding carboxylic acids is 1. The number of rotatable bonds is 5. The van der Waals surface area contributed by atoms with Crippen molar-refractivity contribution in [2.45, 2.75) is 18.7 Å². The average molecular weight is 449 g/mol. The lowest BCUT2D eigenvalue weighted by atomic mass is 9.95. The van der Waals surface area contributed by atoms with Crippen LogP contribution >= 0.6 is 11.6 Å². The van der Waals surface area contributed by atoms with Crippen LogP contribution in [0.3, 0.4) is 0 Å². The largest absolute Gasteiger partial charge is 0.497 e. The summed E-state index contributed by atoms with van der Waals surface area (Å²) in [6, 6.07) is 20.0. The van der Waals surface area contributed by atoms with Crippen LogP contribution in [0, 0.1) is 0 Å². The Hall–Kier alpha value is -3.51. The number of Topliss-reactive ketones (excluding diaryl/α,β-unsaturated/α-hetero) is 1. The maximum atomic E-state index is 13.4. The fraction of sp³-hybridized carbons (Fsp3) is 0.200. The van der Waals surface area contributed by atoms with Crippen LogP contribution in [0.25, 0.3) is 0 Å². The fourth-order valence-electron chi connectivity index (χ4n) is 4.09. The highest BCUT2D eigenvalue weighted by Crippen LogP contribution is 2.44. The topological polar surface area (TPSA) is 60.4 Å². The lowest BCUT2D eigenvalue weighted by molar-refractivity contribution is -0.00455. The minimum Gasteiger partial charge on any atom is -0.497 e. The Balaban J connectivity index is 1.53. The van der Waals surface area contributed by atoms with E-state index in [9.17, 15) is 4.79 Å². The van der Waals surface area contributed by atoms with E-state index < -0.39 is 6.23 Å². The maximum absolute atomic E-state index is 13.4. The molecule has 0 radical (unpaired) electrons. The highest BCUT2D eigenvalue weighted by molar-refractivity contribution is 6.30. The molecule has 2 heterocycles. The first-order valence-corrected chi connectivity index (χ1v) is 10.6. The molecule has 0 saturated heterocycles. The first kappa shape index (κ1) is 20.4. The van der Waals surface area contributed by atoms with Gasteiger partial charge in [0, 0.05) is 22.6 Å². The zero-order valence-electron chi connectivity index (χ0n) is 17.6. The molecule has 0 aromatic heterocycles. The van der Waals surface area contributed by atoms with E-state index in [1.807, 2.05) is 36.4 Å². The summed E-state index contributed by atoms with van der Waals surface area (Å²) in [7, 11) is 3.23. The molecule has 2 atom stereocenters. The average Bonchev–Trinajstić information content (AvgIpc) is 3.29. The van der Waals surface area contributed by atoms with Crippen LogP contribution in [0.2, 0.25) is 5.02 Å². The molecule has 3 aromatic carbocycles. The maximum Gasteiger partial charge on any atom is 0.251 e. The van der Waals surface area contributed by atoms with E-state index >= 15 is 0 Å². The minimum absolute atomic E-state index is 0.151. The summed E-state index contributed by atoms with van der Waals surface area (Å²) in [6.45, 7) is 0. The van der Waals surface area contributed by atoms with Crippen molar-refractivity contribution >= 4 is 23.1 Å². The van der Waals surface area contributed by atoms with Crippen LogP contribution in [-0.2, 0) is 0 Å². The molecule has 5 rings (SSSR count). The molecule has 0 amide bonds. The summed E-state index contributed by atoms with van der Waals surface area (Å²) in [6.07, 6.45) is -0.243. The highest BCUT2D eigenvalue weighted by atomic mass is 35.5. The molecule has 7 heteroatoms. The molecule has 0 aliphatic carbocycles. The van der Waals surface area contributed by atoms with E-state index in [1.54, 1.807) is 49.6 Å². The number of halogens is 1. The van der Waals surface area contributed by atoms with Crippen LogP contribution in [0.15, 0.2) is 71.8 Å². The van der Waals surface area contributed by atoms with Gasteiger partial charge < -0.3 is 14.2 Å². The van der Waals surface area contributed by atoms with Gasteiger partial charge in [-0.25, -0.2) is 5.01 Å². The number of hydrogen-bond donors (Lipinski definition) is 0. The smallest absolute Gasteiger partial charge is 0.251 e. The second-order valence-electron chi connectivity index (χ2n) is 7.62. The molecule has 3 aromatic rings. The Bertz CT molecular complexity index is 1190. The number of fused-ring (bicyclic) bond motifs is 3. The Labute approximate surface area is 191 Å². The van der Waals surface area contributed by atoms with Crippen molar-refractivity contribution in [3.05, 3.63) is 88.4 Å². The summed E-state index contributed by atoms with van der Waals surface area (Å²) in [5, 5.41) is 7.19. The monoisotopic (exact) mass is 448 g/mol. The van der Waals surface area contributed by atoms with Crippen LogP contribution in [-0.4, -0.2) is 37.0 Å². The zero-order valence-corrected chi connectivity index (χ0v) is 18.4.